The molecule has 80 valence electrons. The molecule has 3 nitrogen and oxygen atoms in total. The highest BCUT2D eigenvalue weighted by atomic mass is 16.3. The van der Waals surface area contributed by atoms with Gasteiger partial charge in [0.25, 0.3) is 0 Å². The Morgan fingerprint density at radius 1 is 1.23 bits per heavy atom. The van der Waals surface area contributed by atoms with Crippen LogP contribution in [0.2, 0.25) is 0 Å². The molecule has 2 atom stereocenters. The summed E-state index contributed by atoms with van der Waals surface area (Å²) in [7, 11) is 0. The third-order valence-electron chi connectivity index (χ3n) is 2.47. The van der Waals surface area contributed by atoms with Crippen LogP contribution >= 0.6 is 0 Å². The molecule has 0 spiro atoms. The number of rotatable bonds is 7. The van der Waals surface area contributed by atoms with E-state index >= 15 is 0 Å². The van der Waals surface area contributed by atoms with E-state index in [0.29, 0.717) is 6.04 Å². The van der Waals surface area contributed by atoms with Crippen LogP contribution in [0.5, 0.6) is 0 Å². The Hall–Kier alpha value is -0.120. The van der Waals surface area contributed by atoms with Gasteiger partial charge in [-0.15, -0.1) is 0 Å². The van der Waals surface area contributed by atoms with E-state index in [1.54, 1.807) is 0 Å². The minimum absolute atomic E-state index is 0.173. The van der Waals surface area contributed by atoms with Gasteiger partial charge in [-0.05, 0) is 19.4 Å². The second-order valence-electron chi connectivity index (χ2n) is 3.34. The molecule has 0 aromatic heterocycles. The van der Waals surface area contributed by atoms with E-state index in [0.717, 1.165) is 25.8 Å². The molecule has 0 aliphatic carbocycles. The summed E-state index contributed by atoms with van der Waals surface area (Å²) in [5.74, 6) is 0. The van der Waals surface area contributed by atoms with Crippen LogP contribution in [0.25, 0.3) is 0 Å². The largest absolute Gasteiger partial charge is 0.392 e. The van der Waals surface area contributed by atoms with Gasteiger partial charge in [0, 0.05) is 6.04 Å². The lowest BCUT2D eigenvalue weighted by atomic mass is 10.1. The number of hydrogen-bond donors (Lipinski definition) is 2. The van der Waals surface area contributed by atoms with Crippen LogP contribution in [0, 0.1) is 0 Å². The Bertz CT molecular complexity index is 119. The van der Waals surface area contributed by atoms with Crippen molar-refractivity contribution in [3.8, 4) is 0 Å². The summed E-state index contributed by atoms with van der Waals surface area (Å²) in [6.07, 6.45) is 2.54. The number of aliphatic hydroxyl groups excluding tert-OH is 2. The van der Waals surface area contributed by atoms with E-state index in [2.05, 4.69) is 13.8 Å². The fraction of sp³-hybridized carbons (Fsp3) is 1.00. The van der Waals surface area contributed by atoms with E-state index in [1.807, 2.05) is 11.8 Å². The van der Waals surface area contributed by atoms with Gasteiger partial charge >= 0.3 is 0 Å². The zero-order valence-electron chi connectivity index (χ0n) is 9.03. The van der Waals surface area contributed by atoms with Gasteiger partial charge in [-0.3, -0.25) is 4.90 Å². The van der Waals surface area contributed by atoms with E-state index in [1.165, 1.54) is 0 Å². The zero-order valence-corrected chi connectivity index (χ0v) is 9.03. The first kappa shape index (κ1) is 12.9. The number of likely N-dealkylation sites (N-methyl/N-ethyl adjacent to an activating group) is 1. The summed E-state index contributed by atoms with van der Waals surface area (Å²) in [5, 5.41) is 18.4. The lowest BCUT2D eigenvalue weighted by Crippen LogP contribution is -2.44. The first-order valence-electron chi connectivity index (χ1n) is 5.25. The van der Waals surface area contributed by atoms with Crippen LogP contribution in [0.3, 0.4) is 0 Å². The number of hydrogen-bond acceptors (Lipinski definition) is 3. The summed E-state index contributed by atoms with van der Waals surface area (Å²) >= 11 is 0. The van der Waals surface area contributed by atoms with Crippen molar-refractivity contribution in [2.45, 2.75) is 52.3 Å². The Morgan fingerprint density at radius 2 is 1.85 bits per heavy atom. The number of nitrogens with zero attached hydrogens (tertiary/aromatic N) is 1. The van der Waals surface area contributed by atoms with Crippen molar-refractivity contribution < 1.29 is 10.2 Å². The molecular formula is C10H23NO2. The van der Waals surface area contributed by atoms with Crippen LogP contribution in [-0.4, -0.2) is 40.5 Å². The predicted octanol–water partition coefficient (Wildman–Crippen LogP) is 1.20. The Balaban J connectivity index is 4.15. The van der Waals surface area contributed by atoms with Crippen LogP contribution in [-0.2, 0) is 0 Å². The Kier molecular flexibility index (Phi) is 7.23. The normalized spacial score (nSPS) is 16.2. The highest BCUT2D eigenvalue weighted by molar-refractivity contribution is 4.70. The Morgan fingerprint density at radius 3 is 2.15 bits per heavy atom. The topological polar surface area (TPSA) is 43.7 Å². The quantitative estimate of drug-likeness (QED) is 0.591. The third-order valence-corrected chi connectivity index (χ3v) is 2.47. The van der Waals surface area contributed by atoms with Crippen LogP contribution in [0.15, 0.2) is 0 Å². The van der Waals surface area contributed by atoms with Crippen molar-refractivity contribution in [1.82, 2.24) is 4.90 Å². The van der Waals surface area contributed by atoms with Crippen LogP contribution < -0.4 is 0 Å². The predicted molar refractivity (Wildman–Crippen MR) is 54.5 cm³/mol. The van der Waals surface area contributed by atoms with Crippen molar-refractivity contribution in [3.63, 3.8) is 0 Å². The van der Waals surface area contributed by atoms with Crippen molar-refractivity contribution in [2.24, 2.45) is 0 Å². The molecule has 3 heteroatoms. The lowest BCUT2D eigenvalue weighted by molar-refractivity contribution is -0.0572. The first-order valence-corrected chi connectivity index (χ1v) is 5.25. The van der Waals surface area contributed by atoms with E-state index in [4.69, 9.17) is 5.11 Å². The van der Waals surface area contributed by atoms with Crippen molar-refractivity contribution >= 4 is 0 Å². The molecule has 0 fully saturated rings. The summed E-state index contributed by atoms with van der Waals surface area (Å²) in [5.41, 5.74) is 0. The number of aliphatic hydroxyl groups is 2. The van der Waals surface area contributed by atoms with Gasteiger partial charge in [-0.2, -0.15) is 0 Å². The van der Waals surface area contributed by atoms with E-state index in [-0.39, 0.29) is 6.61 Å². The lowest BCUT2D eigenvalue weighted by Gasteiger charge is -2.33. The average molecular weight is 189 g/mol. The summed E-state index contributed by atoms with van der Waals surface area (Å²) in [6.45, 7) is 6.89. The van der Waals surface area contributed by atoms with Crippen molar-refractivity contribution in [3.05, 3.63) is 0 Å². The molecule has 0 heterocycles. The first-order chi connectivity index (χ1) is 6.21. The molecule has 2 unspecified atom stereocenters. The molecule has 0 bridgehead atoms. The maximum atomic E-state index is 9.52. The molecule has 2 N–H and O–H groups in total. The monoisotopic (exact) mass is 189 g/mol. The standard InChI is InChI=1S/C10H23NO2/c1-4-7-9(5-2)11(6-3)10(13)8-12/h9-10,12-13H,4-8H2,1-3H3. The molecule has 0 rings (SSSR count). The maximum Gasteiger partial charge on any atom is 0.130 e. The minimum Gasteiger partial charge on any atom is -0.392 e. The van der Waals surface area contributed by atoms with Crippen molar-refractivity contribution in [1.29, 1.82) is 0 Å². The fourth-order valence-corrected chi connectivity index (χ4v) is 1.75. The molecule has 0 saturated carbocycles. The van der Waals surface area contributed by atoms with Gasteiger partial charge < -0.3 is 10.2 Å². The average Bonchev–Trinajstić information content (AvgIpc) is 2.17. The minimum atomic E-state index is -0.693. The summed E-state index contributed by atoms with van der Waals surface area (Å²) in [4.78, 5) is 1.96. The molecule has 0 aromatic carbocycles. The SMILES string of the molecule is CCCC(CC)N(CC)C(O)CO. The molecule has 0 saturated heterocycles. The van der Waals surface area contributed by atoms with Gasteiger partial charge in [-0.1, -0.05) is 27.2 Å². The molecular weight excluding hydrogens is 166 g/mol. The third kappa shape index (κ3) is 4.07. The second-order valence-corrected chi connectivity index (χ2v) is 3.34. The molecule has 0 aromatic rings. The summed E-state index contributed by atoms with van der Waals surface area (Å²) in [6, 6.07) is 0.400. The van der Waals surface area contributed by atoms with E-state index in [9.17, 15) is 5.11 Å². The highest BCUT2D eigenvalue weighted by Crippen LogP contribution is 2.12. The van der Waals surface area contributed by atoms with Gasteiger partial charge in [0.15, 0.2) is 0 Å². The van der Waals surface area contributed by atoms with Crippen molar-refractivity contribution in [2.75, 3.05) is 13.2 Å². The molecule has 13 heavy (non-hydrogen) atoms. The molecule has 0 aliphatic heterocycles. The van der Waals surface area contributed by atoms with Gasteiger partial charge in [0.05, 0.1) is 6.61 Å². The molecule has 0 radical (unpaired) electrons. The summed E-state index contributed by atoms with van der Waals surface area (Å²) < 4.78 is 0. The highest BCUT2D eigenvalue weighted by Gasteiger charge is 2.20. The zero-order chi connectivity index (χ0) is 10.3. The van der Waals surface area contributed by atoms with Gasteiger partial charge in [0.2, 0.25) is 0 Å². The maximum absolute atomic E-state index is 9.52. The van der Waals surface area contributed by atoms with Crippen LogP contribution in [0.1, 0.15) is 40.0 Å². The fourth-order valence-electron chi connectivity index (χ4n) is 1.75. The van der Waals surface area contributed by atoms with Crippen LogP contribution in [0.4, 0.5) is 0 Å². The molecule has 0 aliphatic rings. The van der Waals surface area contributed by atoms with E-state index < -0.39 is 6.23 Å². The van der Waals surface area contributed by atoms with Gasteiger partial charge in [-0.25, -0.2) is 0 Å². The molecule has 0 amide bonds. The second kappa shape index (κ2) is 7.30. The van der Waals surface area contributed by atoms with Gasteiger partial charge in [0.1, 0.15) is 6.23 Å². The Labute approximate surface area is 81.4 Å². The smallest absolute Gasteiger partial charge is 0.130 e.